The maximum atomic E-state index is 14.5. The molecule has 1 N–H and O–H groups in total. The third-order valence-corrected chi connectivity index (χ3v) is 6.25. The first-order valence-electron chi connectivity index (χ1n) is 11.0. The summed E-state index contributed by atoms with van der Waals surface area (Å²) in [5.41, 5.74) is 3.56. The molecule has 158 valence electrons. The minimum absolute atomic E-state index is 0.323. The number of nitrogens with zero attached hydrogens (tertiary/aromatic N) is 4. The van der Waals surface area contributed by atoms with E-state index in [2.05, 4.69) is 27.8 Å². The Morgan fingerprint density at radius 2 is 1.97 bits per heavy atom. The van der Waals surface area contributed by atoms with Crippen LogP contribution in [0, 0.1) is 0 Å². The molecule has 1 aliphatic carbocycles. The molecule has 7 heteroatoms. The molecule has 0 spiro atoms. The Balaban J connectivity index is 1.40. The summed E-state index contributed by atoms with van der Waals surface area (Å²) < 4.78 is 22.7. The first-order chi connectivity index (χ1) is 15.3. The molecule has 6 nitrogen and oxygen atoms in total. The van der Waals surface area contributed by atoms with Gasteiger partial charge in [0, 0.05) is 18.1 Å². The van der Waals surface area contributed by atoms with Crippen molar-refractivity contribution in [1.29, 1.82) is 0 Å². The number of nitrogens with one attached hydrogen (secondary N) is 1. The van der Waals surface area contributed by atoms with Crippen LogP contribution in [0.1, 0.15) is 37.2 Å². The average Bonchev–Trinajstić information content (AvgIpc) is 3.59. The second-order valence-electron chi connectivity index (χ2n) is 8.53. The van der Waals surface area contributed by atoms with E-state index >= 15 is 0 Å². The maximum Gasteiger partial charge on any atom is 0.187 e. The number of fused-ring (bicyclic) bond motifs is 2. The SMILES string of the molecule is FC1CNCCCC1Oc1cccc2ccc(-c3nnc4ccc(C5CC5)cn34)nc12. The highest BCUT2D eigenvalue weighted by atomic mass is 19.1. The van der Waals surface area contributed by atoms with Gasteiger partial charge >= 0.3 is 0 Å². The molecule has 0 bridgehead atoms. The smallest absolute Gasteiger partial charge is 0.187 e. The molecular formula is C24H24FN5O. The van der Waals surface area contributed by atoms with Crippen molar-refractivity contribution in [3.05, 3.63) is 54.2 Å². The van der Waals surface area contributed by atoms with Crippen molar-refractivity contribution >= 4 is 16.6 Å². The minimum atomic E-state index is -1.04. The number of hydrogen-bond donors (Lipinski definition) is 1. The van der Waals surface area contributed by atoms with Gasteiger partial charge in [-0.05, 0) is 61.9 Å². The second kappa shape index (κ2) is 7.57. The van der Waals surface area contributed by atoms with Crippen molar-refractivity contribution in [3.63, 3.8) is 0 Å². The van der Waals surface area contributed by atoms with Gasteiger partial charge in [0.05, 0.1) is 0 Å². The lowest BCUT2D eigenvalue weighted by atomic mass is 10.1. The average molecular weight is 417 g/mol. The number of rotatable bonds is 4. The van der Waals surface area contributed by atoms with Crippen molar-refractivity contribution < 1.29 is 9.13 Å². The Kier molecular flexibility index (Phi) is 4.56. The fraction of sp³-hybridized carbons (Fsp3) is 0.375. The summed E-state index contributed by atoms with van der Waals surface area (Å²) in [7, 11) is 0. The molecule has 1 aromatic carbocycles. The molecule has 4 aromatic rings. The number of para-hydroxylation sites is 1. The highest BCUT2D eigenvalue weighted by Crippen LogP contribution is 2.40. The van der Waals surface area contributed by atoms with Gasteiger partial charge in [0.25, 0.3) is 0 Å². The van der Waals surface area contributed by atoms with Gasteiger partial charge in [-0.15, -0.1) is 10.2 Å². The number of benzene rings is 1. The number of aromatic nitrogens is 4. The second-order valence-corrected chi connectivity index (χ2v) is 8.53. The summed E-state index contributed by atoms with van der Waals surface area (Å²) in [4.78, 5) is 4.89. The van der Waals surface area contributed by atoms with Gasteiger partial charge in [-0.3, -0.25) is 4.40 Å². The Labute approximate surface area is 179 Å². The van der Waals surface area contributed by atoms with Crippen molar-refractivity contribution in [2.75, 3.05) is 13.1 Å². The molecule has 3 aromatic heterocycles. The molecule has 0 amide bonds. The van der Waals surface area contributed by atoms with Crippen LogP contribution in [0.3, 0.4) is 0 Å². The summed E-state index contributed by atoms with van der Waals surface area (Å²) >= 11 is 0. The Morgan fingerprint density at radius 3 is 2.87 bits per heavy atom. The fourth-order valence-corrected chi connectivity index (χ4v) is 4.36. The van der Waals surface area contributed by atoms with Crippen LogP contribution >= 0.6 is 0 Å². The molecule has 1 saturated carbocycles. The molecule has 6 rings (SSSR count). The topological polar surface area (TPSA) is 64.3 Å². The largest absolute Gasteiger partial charge is 0.485 e. The van der Waals surface area contributed by atoms with Crippen LogP contribution in [-0.4, -0.2) is 44.9 Å². The molecule has 31 heavy (non-hydrogen) atoms. The number of ether oxygens (including phenoxy) is 1. The van der Waals surface area contributed by atoms with Crippen LogP contribution in [-0.2, 0) is 0 Å². The van der Waals surface area contributed by atoms with Gasteiger partial charge in [0.15, 0.2) is 11.5 Å². The van der Waals surface area contributed by atoms with E-state index < -0.39 is 12.3 Å². The number of hydrogen-bond acceptors (Lipinski definition) is 5. The van der Waals surface area contributed by atoms with Crippen LogP contribution in [0.25, 0.3) is 28.1 Å². The molecule has 2 unspecified atom stereocenters. The number of halogens is 1. The Morgan fingerprint density at radius 1 is 1.03 bits per heavy atom. The monoisotopic (exact) mass is 417 g/mol. The summed E-state index contributed by atoms with van der Waals surface area (Å²) in [6.07, 6.45) is 4.67. The molecule has 0 radical (unpaired) electrons. The highest BCUT2D eigenvalue weighted by Gasteiger charge is 2.26. The lowest BCUT2D eigenvalue weighted by Gasteiger charge is -2.21. The Bertz CT molecular complexity index is 1250. The molecule has 2 fully saturated rings. The van der Waals surface area contributed by atoms with Crippen LogP contribution in [0.4, 0.5) is 4.39 Å². The van der Waals surface area contributed by atoms with E-state index in [-0.39, 0.29) is 0 Å². The molecule has 1 saturated heterocycles. The van der Waals surface area contributed by atoms with E-state index in [0.717, 1.165) is 35.2 Å². The van der Waals surface area contributed by atoms with Gasteiger partial charge < -0.3 is 10.1 Å². The molecule has 2 aliphatic rings. The van der Waals surface area contributed by atoms with E-state index in [1.807, 2.05) is 40.8 Å². The quantitative estimate of drug-likeness (QED) is 0.537. The molecule has 1 aliphatic heterocycles. The summed E-state index contributed by atoms with van der Waals surface area (Å²) in [6, 6.07) is 13.9. The van der Waals surface area contributed by atoms with E-state index in [1.54, 1.807) is 0 Å². The van der Waals surface area contributed by atoms with Crippen molar-refractivity contribution in [2.24, 2.45) is 0 Å². The van der Waals surface area contributed by atoms with E-state index in [9.17, 15) is 4.39 Å². The molecular weight excluding hydrogens is 393 g/mol. The fourth-order valence-electron chi connectivity index (χ4n) is 4.36. The lowest BCUT2D eigenvalue weighted by Crippen LogP contribution is -2.33. The van der Waals surface area contributed by atoms with Crippen molar-refractivity contribution in [3.8, 4) is 17.3 Å². The van der Waals surface area contributed by atoms with E-state index in [0.29, 0.717) is 30.5 Å². The van der Waals surface area contributed by atoms with Gasteiger partial charge in [-0.25, -0.2) is 9.37 Å². The zero-order valence-electron chi connectivity index (χ0n) is 17.2. The van der Waals surface area contributed by atoms with Gasteiger partial charge in [0.1, 0.15) is 29.2 Å². The lowest BCUT2D eigenvalue weighted by molar-refractivity contribution is 0.101. The predicted molar refractivity (Wildman–Crippen MR) is 117 cm³/mol. The first-order valence-corrected chi connectivity index (χ1v) is 11.0. The van der Waals surface area contributed by atoms with Gasteiger partial charge in [0.2, 0.25) is 0 Å². The van der Waals surface area contributed by atoms with E-state index in [4.69, 9.17) is 9.72 Å². The van der Waals surface area contributed by atoms with Crippen LogP contribution in [0.15, 0.2) is 48.7 Å². The third kappa shape index (κ3) is 3.53. The van der Waals surface area contributed by atoms with Crippen LogP contribution in [0.5, 0.6) is 5.75 Å². The first kappa shape index (κ1) is 18.7. The van der Waals surface area contributed by atoms with Crippen molar-refractivity contribution in [2.45, 2.75) is 43.9 Å². The van der Waals surface area contributed by atoms with Crippen LogP contribution in [0.2, 0.25) is 0 Å². The predicted octanol–water partition coefficient (Wildman–Crippen LogP) is 4.29. The molecule has 2 atom stereocenters. The highest BCUT2D eigenvalue weighted by molar-refractivity contribution is 5.86. The Hall–Kier alpha value is -3.06. The normalized spacial score (nSPS) is 22.0. The van der Waals surface area contributed by atoms with Crippen LogP contribution < -0.4 is 10.1 Å². The summed E-state index contributed by atoms with van der Waals surface area (Å²) in [6.45, 7) is 1.14. The van der Waals surface area contributed by atoms with Gasteiger partial charge in [-0.2, -0.15) is 0 Å². The zero-order valence-corrected chi connectivity index (χ0v) is 17.2. The van der Waals surface area contributed by atoms with Gasteiger partial charge in [-0.1, -0.05) is 24.3 Å². The third-order valence-electron chi connectivity index (χ3n) is 6.25. The molecule has 4 heterocycles. The standard InChI is InChI=1S/C24H24FN5O/c25-18-13-26-12-2-5-20(18)31-21-4-1-3-16-8-10-19(27-23(16)21)24-29-28-22-11-9-17(14-30(22)24)15-6-7-15/h1,3-4,8-11,14-15,18,20,26H,2,5-7,12-13H2. The minimum Gasteiger partial charge on any atom is -0.485 e. The van der Waals surface area contributed by atoms with Crippen molar-refractivity contribution in [1.82, 2.24) is 24.9 Å². The maximum absolute atomic E-state index is 14.5. The summed E-state index contributed by atoms with van der Waals surface area (Å²) in [5, 5.41) is 12.8. The summed E-state index contributed by atoms with van der Waals surface area (Å²) in [5.74, 6) is 1.96. The van der Waals surface area contributed by atoms with E-state index in [1.165, 1.54) is 18.4 Å². The zero-order chi connectivity index (χ0) is 20.8. The number of pyridine rings is 2. The number of alkyl halides is 1.